The number of ether oxygens (including phenoxy) is 1. The Hall–Kier alpha value is -0.810. The van der Waals surface area contributed by atoms with Crippen LogP contribution in [0, 0.1) is 0 Å². The van der Waals surface area contributed by atoms with Gasteiger partial charge in [0.15, 0.2) is 0 Å². The molecule has 5 heteroatoms. The topological polar surface area (TPSA) is 78.8 Å². The molecule has 0 fully saturated rings. The summed E-state index contributed by atoms with van der Waals surface area (Å²) in [6.07, 6.45) is 1.53. The summed E-state index contributed by atoms with van der Waals surface area (Å²) >= 11 is 0. The minimum absolute atomic E-state index is 0.126. The molecule has 0 heterocycles. The Labute approximate surface area is 110 Å². The van der Waals surface area contributed by atoms with E-state index in [1.807, 2.05) is 6.92 Å². The van der Waals surface area contributed by atoms with Crippen LogP contribution in [-0.2, 0) is 4.74 Å². The smallest absolute Gasteiger partial charge is 0.407 e. The second kappa shape index (κ2) is 8.32. The van der Waals surface area contributed by atoms with Crippen LogP contribution in [0.15, 0.2) is 0 Å². The molecule has 2 atom stereocenters. The molecule has 1 amide bonds. The molecule has 108 valence electrons. The minimum Gasteiger partial charge on any atom is -0.444 e. The van der Waals surface area contributed by atoms with Gasteiger partial charge in [-0.2, -0.15) is 0 Å². The van der Waals surface area contributed by atoms with Gasteiger partial charge in [0, 0.05) is 6.61 Å². The predicted octanol–water partition coefficient (Wildman–Crippen LogP) is 1.81. The number of nitrogens with one attached hydrogen (secondary N) is 1. The zero-order chi connectivity index (χ0) is 14.2. The molecule has 0 unspecified atom stereocenters. The van der Waals surface area contributed by atoms with E-state index in [0.29, 0.717) is 19.3 Å². The third-order valence-electron chi connectivity index (χ3n) is 2.51. The number of amides is 1. The van der Waals surface area contributed by atoms with E-state index in [4.69, 9.17) is 9.84 Å². The van der Waals surface area contributed by atoms with E-state index in [1.165, 1.54) is 0 Å². The van der Waals surface area contributed by atoms with Crippen LogP contribution in [0.2, 0.25) is 0 Å². The average molecular weight is 261 g/mol. The van der Waals surface area contributed by atoms with Crippen molar-refractivity contribution in [3.8, 4) is 0 Å². The first-order valence-electron chi connectivity index (χ1n) is 6.58. The Kier molecular flexibility index (Phi) is 7.95. The molecular weight excluding hydrogens is 234 g/mol. The van der Waals surface area contributed by atoms with Crippen molar-refractivity contribution in [3.05, 3.63) is 0 Å². The van der Waals surface area contributed by atoms with Gasteiger partial charge < -0.3 is 20.3 Å². The summed E-state index contributed by atoms with van der Waals surface area (Å²) in [5.41, 5.74) is -0.545. The second-order valence-electron chi connectivity index (χ2n) is 5.45. The van der Waals surface area contributed by atoms with Crippen LogP contribution in [0.5, 0.6) is 0 Å². The Morgan fingerprint density at radius 1 is 1.33 bits per heavy atom. The van der Waals surface area contributed by atoms with Crippen LogP contribution >= 0.6 is 0 Å². The first-order chi connectivity index (χ1) is 8.30. The van der Waals surface area contributed by atoms with Crippen molar-refractivity contribution in [2.45, 2.75) is 71.1 Å². The molecule has 0 aromatic heterocycles. The molecule has 0 spiro atoms. The Bertz CT molecular complexity index is 238. The van der Waals surface area contributed by atoms with Gasteiger partial charge in [-0.1, -0.05) is 6.92 Å². The average Bonchev–Trinajstić information content (AvgIpc) is 2.24. The molecule has 0 aromatic rings. The maximum absolute atomic E-state index is 11.6. The van der Waals surface area contributed by atoms with Crippen LogP contribution in [0.4, 0.5) is 4.79 Å². The van der Waals surface area contributed by atoms with E-state index >= 15 is 0 Å². The monoisotopic (exact) mass is 261 g/mol. The fourth-order valence-electron chi connectivity index (χ4n) is 1.58. The van der Waals surface area contributed by atoms with Crippen molar-refractivity contribution in [2.24, 2.45) is 0 Å². The SMILES string of the molecule is CC[C@@H](O)[C@H](CCCCO)NC(=O)OC(C)(C)C. The van der Waals surface area contributed by atoms with Crippen molar-refractivity contribution in [1.82, 2.24) is 5.32 Å². The van der Waals surface area contributed by atoms with Crippen LogP contribution in [0.25, 0.3) is 0 Å². The molecule has 18 heavy (non-hydrogen) atoms. The summed E-state index contributed by atoms with van der Waals surface area (Å²) < 4.78 is 5.16. The highest BCUT2D eigenvalue weighted by molar-refractivity contribution is 5.68. The normalized spacial score (nSPS) is 15.0. The molecule has 0 radical (unpaired) electrons. The van der Waals surface area contributed by atoms with E-state index in [1.54, 1.807) is 20.8 Å². The first-order valence-corrected chi connectivity index (χ1v) is 6.58. The molecule has 5 nitrogen and oxygen atoms in total. The van der Waals surface area contributed by atoms with Gasteiger partial charge in [-0.05, 0) is 46.5 Å². The molecule has 0 saturated carbocycles. The van der Waals surface area contributed by atoms with Crippen molar-refractivity contribution < 1.29 is 19.7 Å². The fourth-order valence-corrected chi connectivity index (χ4v) is 1.58. The third-order valence-corrected chi connectivity index (χ3v) is 2.51. The summed E-state index contributed by atoms with van der Waals surface area (Å²) in [5, 5.41) is 21.3. The van der Waals surface area contributed by atoms with Crippen molar-refractivity contribution in [2.75, 3.05) is 6.61 Å². The van der Waals surface area contributed by atoms with Crippen molar-refractivity contribution in [1.29, 1.82) is 0 Å². The molecule has 3 N–H and O–H groups in total. The summed E-state index contributed by atoms with van der Waals surface area (Å²) in [7, 11) is 0. The summed E-state index contributed by atoms with van der Waals surface area (Å²) in [4.78, 5) is 11.6. The Balaban J connectivity index is 4.26. The highest BCUT2D eigenvalue weighted by Gasteiger charge is 2.23. The number of rotatable bonds is 7. The molecule has 0 aliphatic rings. The zero-order valence-corrected chi connectivity index (χ0v) is 11.9. The number of carbonyl (C=O) groups excluding carboxylic acids is 1. The van der Waals surface area contributed by atoms with E-state index in [9.17, 15) is 9.90 Å². The lowest BCUT2D eigenvalue weighted by molar-refractivity contribution is 0.0407. The largest absolute Gasteiger partial charge is 0.444 e. The van der Waals surface area contributed by atoms with Crippen LogP contribution in [-0.4, -0.2) is 40.7 Å². The van der Waals surface area contributed by atoms with Gasteiger partial charge >= 0.3 is 6.09 Å². The Morgan fingerprint density at radius 3 is 2.39 bits per heavy atom. The van der Waals surface area contributed by atoms with Gasteiger partial charge in [0.05, 0.1) is 12.1 Å². The molecular formula is C13H27NO4. The summed E-state index contributed by atoms with van der Waals surface area (Å²) in [5.74, 6) is 0. The molecule has 0 bridgehead atoms. The number of hydrogen-bond donors (Lipinski definition) is 3. The fraction of sp³-hybridized carbons (Fsp3) is 0.923. The van der Waals surface area contributed by atoms with Gasteiger partial charge in [0.1, 0.15) is 5.60 Å². The van der Waals surface area contributed by atoms with Gasteiger partial charge in [-0.15, -0.1) is 0 Å². The van der Waals surface area contributed by atoms with E-state index in [2.05, 4.69) is 5.32 Å². The lowest BCUT2D eigenvalue weighted by atomic mass is 10.0. The third kappa shape index (κ3) is 8.31. The van der Waals surface area contributed by atoms with Crippen molar-refractivity contribution in [3.63, 3.8) is 0 Å². The van der Waals surface area contributed by atoms with Gasteiger partial charge in [-0.3, -0.25) is 0 Å². The van der Waals surface area contributed by atoms with Gasteiger partial charge in [0.2, 0.25) is 0 Å². The summed E-state index contributed by atoms with van der Waals surface area (Å²) in [6, 6.07) is -0.323. The molecule has 0 aromatic carbocycles. The van der Waals surface area contributed by atoms with Gasteiger partial charge in [-0.25, -0.2) is 4.79 Å². The van der Waals surface area contributed by atoms with E-state index in [0.717, 1.165) is 6.42 Å². The first kappa shape index (κ1) is 17.2. The van der Waals surface area contributed by atoms with Gasteiger partial charge in [0.25, 0.3) is 0 Å². The standard InChI is InChI=1S/C13H27NO4/c1-5-11(16)10(8-6-7-9-15)14-12(17)18-13(2,3)4/h10-11,15-16H,5-9H2,1-4H3,(H,14,17)/t10-,11+/m0/s1. The lowest BCUT2D eigenvalue weighted by Gasteiger charge is -2.26. The zero-order valence-electron chi connectivity index (χ0n) is 11.9. The molecule has 0 aliphatic carbocycles. The molecule has 0 rings (SSSR count). The highest BCUT2D eigenvalue weighted by atomic mass is 16.6. The number of unbranched alkanes of at least 4 members (excludes halogenated alkanes) is 1. The number of aliphatic hydroxyl groups excluding tert-OH is 2. The number of hydrogen-bond acceptors (Lipinski definition) is 4. The maximum Gasteiger partial charge on any atom is 0.407 e. The summed E-state index contributed by atoms with van der Waals surface area (Å²) in [6.45, 7) is 7.37. The number of aliphatic hydroxyl groups is 2. The molecule has 0 saturated heterocycles. The maximum atomic E-state index is 11.6. The van der Waals surface area contributed by atoms with Crippen LogP contribution < -0.4 is 5.32 Å². The van der Waals surface area contributed by atoms with Crippen LogP contribution in [0.1, 0.15) is 53.4 Å². The highest BCUT2D eigenvalue weighted by Crippen LogP contribution is 2.11. The number of carbonyl (C=O) groups is 1. The predicted molar refractivity (Wildman–Crippen MR) is 70.4 cm³/mol. The van der Waals surface area contributed by atoms with E-state index < -0.39 is 17.8 Å². The Morgan fingerprint density at radius 2 is 1.94 bits per heavy atom. The quantitative estimate of drug-likeness (QED) is 0.611. The number of alkyl carbamates (subject to hydrolysis) is 1. The minimum atomic E-state index is -0.587. The second-order valence-corrected chi connectivity index (χ2v) is 5.45. The van der Waals surface area contributed by atoms with Crippen molar-refractivity contribution >= 4 is 6.09 Å². The van der Waals surface area contributed by atoms with E-state index in [-0.39, 0.29) is 12.6 Å². The van der Waals surface area contributed by atoms with Crippen LogP contribution in [0.3, 0.4) is 0 Å². The lowest BCUT2D eigenvalue weighted by Crippen LogP contribution is -2.45. The molecule has 0 aliphatic heterocycles.